The van der Waals surface area contributed by atoms with Crippen LogP contribution in [0.5, 0.6) is 11.5 Å². The highest BCUT2D eigenvalue weighted by Gasteiger charge is 2.48. The van der Waals surface area contributed by atoms with Crippen molar-refractivity contribution in [3.63, 3.8) is 0 Å². The third-order valence-electron chi connectivity index (χ3n) is 6.52. The third-order valence-corrected chi connectivity index (χ3v) is 6.52. The summed E-state index contributed by atoms with van der Waals surface area (Å²) in [6, 6.07) is 14.6. The van der Waals surface area contributed by atoms with Crippen molar-refractivity contribution >= 4 is 17.8 Å². The number of ether oxygens (including phenoxy) is 2. The molecule has 2 aliphatic heterocycles. The Balaban J connectivity index is 1.41. The highest BCUT2D eigenvalue weighted by atomic mass is 16.5. The van der Waals surface area contributed by atoms with E-state index in [9.17, 15) is 14.4 Å². The lowest BCUT2D eigenvalue weighted by Crippen LogP contribution is -2.46. The van der Waals surface area contributed by atoms with Crippen molar-refractivity contribution in [1.29, 1.82) is 0 Å². The fourth-order valence-corrected chi connectivity index (χ4v) is 4.47. The lowest BCUT2D eigenvalue weighted by Gasteiger charge is -2.25. The monoisotopic (exact) mass is 479 g/mol. The summed E-state index contributed by atoms with van der Waals surface area (Å²) in [7, 11) is 0. The minimum absolute atomic E-state index is 0.0722. The first-order valence-corrected chi connectivity index (χ1v) is 12.1. The van der Waals surface area contributed by atoms with E-state index in [1.807, 2.05) is 62.4 Å². The lowest BCUT2D eigenvalue weighted by molar-refractivity contribution is -0.135. The number of hydrogen-bond acceptors (Lipinski definition) is 5. The number of benzene rings is 2. The zero-order chi connectivity index (χ0) is 25.0. The van der Waals surface area contributed by atoms with Crippen molar-refractivity contribution in [2.45, 2.75) is 51.6 Å². The summed E-state index contributed by atoms with van der Waals surface area (Å²) in [5.41, 5.74) is 0.920. The predicted molar refractivity (Wildman–Crippen MR) is 131 cm³/mol. The number of carbonyl (C=O) groups is 3. The molecular formula is C27H33N3O5. The number of nitrogens with zero attached hydrogens (tertiary/aromatic N) is 1. The molecule has 0 spiro atoms. The van der Waals surface area contributed by atoms with Gasteiger partial charge in [0, 0.05) is 6.42 Å². The average molecular weight is 480 g/mol. The summed E-state index contributed by atoms with van der Waals surface area (Å²) in [6.07, 6.45) is 1.90. The number of nitrogens with one attached hydrogen (secondary N) is 2. The van der Waals surface area contributed by atoms with E-state index in [4.69, 9.17) is 9.47 Å². The van der Waals surface area contributed by atoms with Crippen LogP contribution in [0.25, 0.3) is 0 Å². The van der Waals surface area contributed by atoms with Gasteiger partial charge in [0.25, 0.3) is 5.91 Å². The molecule has 2 atom stereocenters. The zero-order valence-electron chi connectivity index (χ0n) is 20.5. The Bertz CT molecular complexity index is 1090. The Hall–Kier alpha value is -3.55. The first-order valence-electron chi connectivity index (χ1n) is 12.1. The van der Waals surface area contributed by atoms with E-state index < -0.39 is 17.5 Å². The van der Waals surface area contributed by atoms with E-state index in [2.05, 4.69) is 10.6 Å². The van der Waals surface area contributed by atoms with Crippen molar-refractivity contribution < 1.29 is 23.9 Å². The van der Waals surface area contributed by atoms with Gasteiger partial charge in [0.2, 0.25) is 5.91 Å². The normalized spacial score (nSPS) is 20.4. The molecule has 2 aromatic rings. The van der Waals surface area contributed by atoms with Gasteiger partial charge in [0.1, 0.15) is 12.1 Å². The Morgan fingerprint density at radius 2 is 1.80 bits per heavy atom. The molecule has 0 bridgehead atoms. The van der Waals surface area contributed by atoms with Crippen molar-refractivity contribution in [2.24, 2.45) is 5.92 Å². The summed E-state index contributed by atoms with van der Waals surface area (Å²) >= 11 is 0. The van der Waals surface area contributed by atoms with Crippen LogP contribution in [0.3, 0.4) is 0 Å². The van der Waals surface area contributed by atoms with Gasteiger partial charge in [-0.1, -0.05) is 50.2 Å². The molecule has 2 aromatic carbocycles. The molecule has 0 aromatic heterocycles. The van der Waals surface area contributed by atoms with Crippen LogP contribution < -0.4 is 20.1 Å². The van der Waals surface area contributed by atoms with Crippen molar-refractivity contribution in [1.82, 2.24) is 15.5 Å². The Morgan fingerprint density at radius 1 is 1.09 bits per heavy atom. The SMILES string of the molecule is CC(C)[C@@H](NC(=O)CN1C(=O)N[C@@](C)(CCc2ccccc2)C1=O)c1ccc2c(c1)OCCCO2. The van der Waals surface area contributed by atoms with Crippen LogP contribution >= 0.6 is 0 Å². The molecule has 4 rings (SSSR count). The van der Waals surface area contributed by atoms with Gasteiger partial charge < -0.3 is 20.1 Å². The first-order chi connectivity index (χ1) is 16.8. The molecule has 1 saturated heterocycles. The standard InChI is InChI=1S/C27H33N3O5/c1-18(2)24(20-10-11-21-22(16-20)35-15-7-14-34-21)28-23(31)17-30-25(32)27(3,29-26(30)33)13-12-19-8-5-4-6-9-19/h4-6,8-11,16,18,24H,7,12-15,17H2,1-3H3,(H,28,31)(H,29,33)/t24-,27+/m1/s1. The summed E-state index contributed by atoms with van der Waals surface area (Å²) < 4.78 is 11.5. The van der Waals surface area contributed by atoms with Crippen LogP contribution in [0.2, 0.25) is 0 Å². The molecule has 2 heterocycles. The molecule has 8 heteroatoms. The fraction of sp³-hybridized carbons (Fsp3) is 0.444. The second kappa shape index (κ2) is 10.4. The molecule has 2 aliphatic rings. The van der Waals surface area contributed by atoms with Crippen molar-refractivity contribution in [3.8, 4) is 11.5 Å². The van der Waals surface area contributed by atoms with Crippen LogP contribution in [0, 0.1) is 5.92 Å². The maximum absolute atomic E-state index is 13.1. The molecule has 0 saturated carbocycles. The van der Waals surface area contributed by atoms with Gasteiger partial charge in [-0.05, 0) is 48.9 Å². The highest BCUT2D eigenvalue weighted by molar-refractivity contribution is 6.08. The smallest absolute Gasteiger partial charge is 0.325 e. The summed E-state index contributed by atoms with van der Waals surface area (Å²) in [5, 5.41) is 5.78. The largest absolute Gasteiger partial charge is 0.490 e. The topological polar surface area (TPSA) is 97.0 Å². The highest BCUT2D eigenvalue weighted by Crippen LogP contribution is 2.34. The molecule has 0 unspecified atom stereocenters. The molecule has 0 aliphatic carbocycles. The number of urea groups is 1. The van der Waals surface area contributed by atoms with Crippen LogP contribution in [0.15, 0.2) is 48.5 Å². The van der Waals surface area contributed by atoms with E-state index in [1.54, 1.807) is 6.92 Å². The number of rotatable bonds is 8. The van der Waals surface area contributed by atoms with Crippen molar-refractivity contribution in [3.05, 3.63) is 59.7 Å². The summed E-state index contributed by atoms with van der Waals surface area (Å²) in [5.74, 6) is 0.636. The molecule has 0 radical (unpaired) electrons. The molecule has 186 valence electrons. The minimum atomic E-state index is -1.04. The summed E-state index contributed by atoms with van der Waals surface area (Å²) in [4.78, 5) is 39.7. The molecule has 4 amide bonds. The van der Waals surface area contributed by atoms with Gasteiger partial charge >= 0.3 is 6.03 Å². The van der Waals surface area contributed by atoms with Crippen LogP contribution in [-0.2, 0) is 16.0 Å². The van der Waals surface area contributed by atoms with Crippen LogP contribution in [0.4, 0.5) is 4.79 Å². The van der Waals surface area contributed by atoms with Gasteiger partial charge in [-0.3, -0.25) is 14.5 Å². The number of fused-ring (bicyclic) bond motifs is 1. The van der Waals surface area contributed by atoms with E-state index in [-0.39, 0.29) is 24.4 Å². The van der Waals surface area contributed by atoms with Crippen LogP contribution in [0.1, 0.15) is 50.8 Å². The number of carbonyl (C=O) groups excluding carboxylic acids is 3. The molecule has 8 nitrogen and oxygen atoms in total. The van der Waals surface area contributed by atoms with E-state index >= 15 is 0 Å². The van der Waals surface area contributed by atoms with Gasteiger partial charge in [0.15, 0.2) is 11.5 Å². The molecular weight excluding hydrogens is 446 g/mol. The second-order valence-corrected chi connectivity index (χ2v) is 9.69. The first kappa shape index (κ1) is 24.6. The predicted octanol–water partition coefficient (Wildman–Crippen LogP) is 3.60. The average Bonchev–Trinajstić information content (AvgIpc) is 3.00. The van der Waals surface area contributed by atoms with Gasteiger partial charge in [0.05, 0.1) is 19.3 Å². The fourth-order valence-electron chi connectivity index (χ4n) is 4.47. The minimum Gasteiger partial charge on any atom is -0.490 e. The van der Waals surface area contributed by atoms with Gasteiger partial charge in [-0.15, -0.1) is 0 Å². The quantitative estimate of drug-likeness (QED) is 0.564. The van der Waals surface area contributed by atoms with Gasteiger partial charge in [-0.25, -0.2) is 4.79 Å². The Morgan fingerprint density at radius 3 is 2.51 bits per heavy atom. The summed E-state index contributed by atoms with van der Waals surface area (Å²) in [6.45, 7) is 6.56. The third kappa shape index (κ3) is 5.58. The van der Waals surface area contributed by atoms with Crippen molar-refractivity contribution in [2.75, 3.05) is 19.8 Å². The second-order valence-electron chi connectivity index (χ2n) is 9.69. The molecule has 1 fully saturated rings. The molecule has 2 N–H and O–H groups in total. The van der Waals surface area contributed by atoms with E-state index in [0.717, 1.165) is 22.4 Å². The Labute approximate surface area is 206 Å². The number of aryl methyl sites for hydroxylation is 1. The number of hydrogen-bond donors (Lipinski definition) is 2. The maximum atomic E-state index is 13.1. The number of amides is 4. The van der Waals surface area contributed by atoms with Crippen LogP contribution in [-0.4, -0.2) is 48.0 Å². The molecule has 35 heavy (non-hydrogen) atoms. The van der Waals surface area contributed by atoms with E-state index in [1.165, 1.54) is 0 Å². The zero-order valence-corrected chi connectivity index (χ0v) is 20.5. The van der Waals surface area contributed by atoms with Gasteiger partial charge in [-0.2, -0.15) is 0 Å². The maximum Gasteiger partial charge on any atom is 0.325 e. The number of imide groups is 1. The lowest BCUT2D eigenvalue weighted by atomic mass is 9.93. The van der Waals surface area contributed by atoms with E-state index in [0.29, 0.717) is 37.6 Å². The Kier molecular flexibility index (Phi) is 7.28.